The van der Waals surface area contributed by atoms with E-state index < -0.39 is 0 Å². The predicted octanol–water partition coefficient (Wildman–Crippen LogP) is 5.60. The van der Waals surface area contributed by atoms with Gasteiger partial charge < -0.3 is 0 Å². The maximum Gasteiger partial charge on any atom is 0.0981 e. The molecule has 22 heavy (non-hydrogen) atoms. The molecule has 0 radical (unpaired) electrons. The largest absolute Gasteiger partial charge is 0.230 e. The van der Waals surface area contributed by atoms with Crippen molar-refractivity contribution in [3.8, 4) is 0 Å². The first-order valence-corrected chi connectivity index (χ1v) is 8.48. The zero-order valence-electron chi connectivity index (χ0n) is 16.5. The molecule has 0 bridgehead atoms. The van der Waals surface area contributed by atoms with Crippen LogP contribution in [0.15, 0.2) is 0 Å². The molecule has 0 N–H and O–H groups in total. The molecule has 0 amide bonds. The minimum Gasteiger partial charge on any atom is -0.230 e. The molecule has 0 saturated carbocycles. The van der Waals surface area contributed by atoms with Crippen LogP contribution < -0.4 is 0 Å². The second-order valence-corrected chi connectivity index (χ2v) is 8.58. The Morgan fingerprint density at radius 3 is 0.909 bits per heavy atom. The van der Waals surface area contributed by atoms with Crippen LogP contribution >= 0.6 is 0 Å². The second-order valence-electron chi connectivity index (χ2n) is 8.58. The molecular weight excluding hydrogens is 280 g/mol. The quantitative estimate of drug-likeness (QED) is 0.367. The lowest BCUT2D eigenvalue weighted by Gasteiger charge is -2.34. The maximum atomic E-state index is 5.65. The van der Waals surface area contributed by atoms with Crippen molar-refractivity contribution < 1.29 is 19.6 Å². The highest BCUT2D eigenvalue weighted by Crippen LogP contribution is 2.28. The lowest BCUT2D eigenvalue weighted by Crippen LogP contribution is -2.36. The Balaban J connectivity index is 4.32. The van der Waals surface area contributed by atoms with Crippen LogP contribution in [-0.2, 0) is 19.6 Å². The third kappa shape index (κ3) is 9.78. The molecule has 0 aliphatic carbocycles. The molecule has 0 fully saturated rings. The first kappa shape index (κ1) is 21.8. The van der Waals surface area contributed by atoms with Crippen LogP contribution in [0.25, 0.3) is 0 Å². The minimum absolute atomic E-state index is 0.266. The Kier molecular flexibility index (Phi) is 8.03. The summed E-state index contributed by atoms with van der Waals surface area (Å²) in [6, 6.07) is 0. The lowest BCUT2D eigenvalue weighted by atomic mass is 9.94. The fourth-order valence-corrected chi connectivity index (χ4v) is 1.25. The van der Waals surface area contributed by atoms with Gasteiger partial charge in [0.05, 0.1) is 22.4 Å². The van der Waals surface area contributed by atoms with Crippen LogP contribution in [0.5, 0.6) is 0 Å². The van der Waals surface area contributed by atoms with E-state index in [2.05, 4.69) is 13.8 Å². The minimum atomic E-state index is -0.368. The summed E-state index contributed by atoms with van der Waals surface area (Å²) >= 11 is 0. The summed E-state index contributed by atoms with van der Waals surface area (Å²) in [5.74, 6) is 0. The Labute approximate surface area is 137 Å². The zero-order chi connectivity index (χ0) is 17.7. The van der Waals surface area contributed by atoms with Crippen LogP contribution in [0.2, 0.25) is 0 Å². The highest BCUT2D eigenvalue weighted by Gasteiger charge is 2.31. The van der Waals surface area contributed by atoms with Crippen LogP contribution in [-0.4, -0.2) is 22.4 Å². The zero-order valence-corrected chi connectivity index (χ0v) is 16.5. The molecule has 0 aliphatic rings. The van der Waals surface area contributed by atoms with E-state index in [1.165, 1.54) is 0 Å². The van der Waals surface area contributed by atoms with Crippen molar-refractivity contribution in [2.75, 3.05) is 0 Å². The van der Waals surface area contributed by atoms with Crippen molar-refractivity contribution in [2.45, 2.75) is 117 Å². The molecule has 0 heterocycles. The molecule has 0 atom stereocenters. The topological polar surface area (TPSA) is 36.9 Å². The van der Waals surface area contributed by atoms with Crippen molar-refractivity contribution >= 4 is 0 Å². The van der Waals surface area contributed by atoms with E-state index in [-0.39, 0.29) is 22.4 Å². The molecule has 0 aromatic carbocycles. The Morgan fingerprint density at radius 1 is 0.455 bits per heavy atom. The third-order valence-electron chi connectivity index (χ3n) is 4.02. The summed E-state index contributed by atoms with van der Waals surface area (Å²) in [6.07, 6.45) is 3.43. The average molecular weight is 318 g/mol. The van der Waals surface area contributed by atoms with E-state index in [0.29, 0.717) is 0 Å². The number of hydrogen-bond acceptors (Lipinski definition) is 4. The third-order valence-corrected chi connectivity index (χ3v) is 4.02. The summed E-state index contributed by atoms with van der Waals surface area (Å²) in [7, 11) is 0. The van der Waals surface area contributed by atoms with Gasteiger partial charge in [-0.2, -0.15) is 0 Å². The SMILES string of the molecule is CCC(C)(C)OOC(C)(C)CCC(C)(C)OOC(C)(C)CC. The molecule has 0 spiro atoms. The second kappa shape index (κ2) is 8.09. The van der Waals surface area contributed by atoms with Gasteiger partial charge in [0.2, 0.25) is 0 Å². The van der Waals surface area contributed by atoms with Gasteiger partial charge in [-0.1, -0.05) is 13.8 Å². The molecule has 0 aliphatic heterocycles. The van der Waals surface area contributed by atoms with Crippen molar-refractivity contribution in [1.29, 1.82) is 0 Å². The van der Waals surface area contributed by atoms with Crippen LogP contribution in [0, 0.1) is 0 Å². The van der Waals surface area contributed by atoms with E-state index in [1.54, 1.807) is 0 Å². The number of rotatable bonds is 11. The Bertz CT molecular complexity index is 287. The van der Waals surface area contributed by atoms with Crippen molar-refractivity contribution in [3.63, 3.8) is 0 Å². The van der Waals surface area contributed by atoms with Gasteiger partial charge in [-0.25, -0.2) is 19.6 Å². The van der Waals surface area contributed by atoms with Gasteiger partial charge >= 0.3 is 0 Å². The standard InChI is InChI=1S/C18H38O4/c1-11-15(3,4)19-21-17(7,8)13-14-18(9,10)22-20-16(5,6)12-2/h11-14H2,1-10H3. The molecule has 0 aromatic rings. The van der Waals surface area contributed by atoms with E-state index in [0.717, 1.165) is 25.7 Å². The monoisotopic (exact) mass is 318 g/mol. The van der Waals surface area contributed by atoms with Crippen molar-refractivity contribution in [2.24, 2.45) is 0 Å². The molecule has 0 rings (SSSR count). The summed E-state index contributed by atoms with van der Waals surface area (Å²) in [5, 5.41) is 0. The van der Waals surface area contributed by atoms with Gasteiger partial charge in [0.25, 0.3) is 0 Å². The smallest absolute Gasteiger partial charge is 0.0981 e. The van der Waals surface area contributed by atoms with E-state index >= 15 is 0 Å². The summed E-state index contributed by atoms with van der Waals surface area (Å²) in [5.41, 5.74) is -1.27. The number of hydrogen-bond donors (Lipinski definition) is 0. The van der Waals surface area contributed by atoms with Crippen LogP contribution in [0.4, 0.5) is 0 Å². The molecule has 134 valence electrons. The fraction of sp³-hybridized carbons (Fsp3) is 1.00. The molecule has 0 unspecified atom stereocenters. The highest BCUT2D eigenvalue weighted by molar-refractivity contribution is 4.76. The van der Waals surface area contributed by atoms with E-state index in [9.17, 15) is 0 Å². The Hall–Kier alpha value is -0.160. The van der Waals surface area contributed by atoms with Crippen molar-refractivity contribution in [3.05, 3.63) is 0 Å². The maximum absolute atomic E-state index is 5.65. The van der Waals surface area contributed by atoms with Gasteiger partial charge in [0.1, 0.15) is 0 Å². The van der Waals surface area contributed by atoms with Crippen molar-refractivity contribution in [1.82, 2.24) is 0 Å². The van der Waals surface area contributed by atoms with E-state index in [1.807, 2.05) is 55.4 Å². The van der Waals surface area contributed by atoms with Crippen LogP contribution in [0.3, 0.4) is 0 Å². The molecule has 4 nitrogen and oxygen atoms in total. The summed E-state index contributed by atoms with van der Waals surface area (Å²) < 4.78 is 0. The molecule has 0 aromatic heterocycles. The molecule has 0 saturated heterocycles. The normalized spacial score (nSPS) is 14.5. The predicted molar refractivity (Wildman–Crippen MR) is 90.5 cm³/mol. The first-order chi connectivity index (χ1) is 9.74. The lowest BCUT2D eigenvalue weighted by molar-refractivity contribution is -0.414. The van der Waals surface area contributed by atoms with Gasteiger partial charge in [0, 0.05) is 0 Å². The molecule has 4 heteroatoms. The van der Waals surface area contributed by atoms with Gasteiger partial charge in [-0.3, -0.25) is 0 Å². The van der Waals surface area contributed by atoms with Gasteiger partial charge in [0.15, 0.2) is 0 Å². The Morgan fingerprint density at radius 2 is 0.682 bits per heavy atom. The molecular formula is C18H38O4. The van der Waals surface area contributed by atoms with Gasteiger partial charge in [-0.05, 0) is 81.1 Å². The van der Waals surface area contributed by atoms with E-state index in [4.69, 9.17) is 19.6 Å². The fourth-order valence-electron chi connectivity index (χ4n) is 1.25. The first-order valence-electron chi connectivity index (χ1n) is 8.48. The summed E-state index contributed by atoms with van der Waals surface area (Å²) in [4.78, 5) is 22.4. The average Bonchev–Trinajstić information content (AvgIpc) is 2.42. The summed E-state index contributed by atoms with van der Waals surface area (Å²) in [6.45, 7) is 20.4. The van der Waals surface area contributed by atoms with Gasteiger partial charge in [-0.15, -0.1) is 0 Å². The highest BCUT2D eigenvalue weighted by atomic mass is 17.2. The van der Waals surface area contributed by atoms with Crippen LogP contribution in [0.1, 0.15) is 94.9 Å².